The van der Waals surface area contributed by atoms with Gasteiger partial charge in [0.05, 0.1) is 17.5 Å². The zero-order valence-electron chi connectivity index (χ0n) is 24.6. The van der Waals surface area contributed by atoms with Gasteiger partial charge >= 0.3 is 0 Å². The lowest BCUT2D eigenvalue weighted by Gasteiger charge is -2.44. The molecule has 2 aliphatic heterocycles. The first kappa shape index (κ1) is 30.4. The van der Waals surface area contributed by atoms with E-state index in [1.165, 1.54) is 11.1 Å². The first-order valence-electron chi connectivity index (χ1n) is 15.4. The van der Waals surface area contributed by atoms with Gasteiger partial charge in [-0.05, 0) is 104 Å². The molecule has 1 amide bonds. The van der Waals surface area contributed by atoms with E-state index in [0.717, 1.165) is 74.5 Å². The van der Waals surface area contributed by atoms with Crippen molar-refractivity contribution in [2.75, 3.05) is 31.2 Å². The third-order valence-corrected chi connectivity index (χ3v) is 11.6. The number of fused-ring (bicyclic) bond motifs is 2. The van der Waals surface area contributed by atoms with Gasteiger partial charge in [0, 0.05) is 36.2 Å². The summed E-state index contributed by atoms with van der Waals surface area (Å²) in [6.45, 7) is 8.62. The van der Waals surface area contributed by atoms with Crippen molar-refractivity contribution in [2.24, 2.45) is 23.7 Å². The second kappa shape index (κ2) is 13.5. The van der Waals surface area contributed by atoms with E-state index in [1.54, 1.807) is 6.07 Å². The molecule has 1 aliphatic carbocycles. The predicted octanol–water partition coefficient (Wildman–Crippen LogP) is 6.51. The number of ether oxygens (including phenoxy) is 1. The van der Waals surface area contributed by atoms with Gasteiger partial charge in [-0.2, -0.15) is 0 Å². The Kier molecular flexibility index (Phi) is 9.98. The number of aryl methyl sites for hydroxylation is 1. The highest BCUT2D eigenvalue weighted by atomic mass is 35.5. The monoisotopic (exact) mass is 600 g/mol. The largest absolute Gasteiger partial charge is 0.491 e. The first-order chi connectivity index (χ1) is 19.8. The van der Waals surface area contributed by atoms with Gasteiger partial charge in [-0.3, -0.25) is 9.52 Å². The zero-order chi connectivity index (χ0) is 29.1. The number of amides is 1. The Balaban J connectivity index is 1.52. The third-order valence-electron chi connectivity index (χ3n) is 9.84. The molecule has 2 heterocycles. The van der Waals surface area contributed by atoms with Crippen molar-refractivity contribution in [3.05, 3.63) is 58.1 Å². The van der Waals surface area contributed by atoms with Crippen LogP contribution in [0.4, 0.5) is 5.69 Å². The Morgan fingerprint density at radius 3 is 2.66 bits per heavy atom. The van der Waals surface area contributed by atoms with Gasteiger partial charge < -0.3 is 14.7 Å². The van der Waals surface area contributed by atoms with E-state index in [4.69, 9.17) is 16.3 Å². The van der Waals surface area contributed by atoms with Crippen LogP contribution in [0, 0.1) is 23.7 Å². The van der Waals surface area contributed by atoms with E-state index in [9.17, 15) is 14.1 Å². The quantitative estimate of drug-likeness (QED) is 0.418. The second-order valence-corrected chi connectivity index (χ2v) is 14.5. The van der Waals surface area contributed by atoms with Crippen LogP contribution in [-0.4, -0.2) is 46.8 Å². The highest BCUT2D eigenvalue weighted by Gasteiger charge is 2.39. The molecule has 0 saturated heterocycles. The van der Waals surface area contributed by atoms with Gasteiger partial charge in [-0.1, -0.05) is 44.4 Å². The maximum Gasteiger partial charge on any atom is 0.263 e. The van der Waals surface area contributed by atoms with E-state index < -0.39 is 11.0 Å². The van der Waals surface area contributed by atoms with Crippen LogP contribution in [0.15, 0.2) is 36.4 Å². The third kappa shape index (κ3) is 6.78. The van der Waals surface area contributed by atoms with Crippen molar-refractivity contribution >= 4 is 34.2 Å². The number of rotatable bonds is 4. The van der Waals surface area contributed by atoms with Crippen LogP contribution in [0.5, 0.6) is 5.75 Å². The molecule has 0 aromatic heterocycles. The molecule has 2 bridgehead atoms. The van der Waals surface area contributed by atoms with Crippen molar-refractivity contribution in [3.63, 3.8) is 0 Å². The summed E-state index contributed by atoms with van der Waals surface area (Å²) < 4.78 is 22.3. The van der Waals surface area contributed by atoms with Gasteiger partial charge in [0.1, 0.15) is 16.7 Å². The molecule has 1 fully saturated rings. The van der Waals surface area contributed by atoms with E-state index >= 15 is 0 Å². The maximum atomic E-state index is 13.3. The topological polar surface area (TPSA) is 78.9 Å². The van der Waals surface area contributed by atoms with Crippen LogP contribution in [-0.2, 0) is 17.4 Å². The Hall–Kier alpha value is -2.09. The molecule has 8 heteroatoms. The van der Waals surface area contributed by atoms with Gasteiger partial charge in [0.2, 0.25) is 0 Å². The minimum absolute atomic E-state index is 0.145. The number of nitrogens with zero attached hydrogens (tertiary/aromatic N) is 1. The van der Waals surface area contributed by atoms with Crippen LogP contribution < -0.4 is 14.4 Å². The molecule has 2 aromatic carbocycles. The number of nitrogens with one attached hydrogen (secondary N) is 1. The first-order valence-corrected chi connectivity index (χ1v) is 17.0. The fraction of sp³-hybridized carbons (Fsp3) is 0.606. The van der Waals surface area contributed by atoms with Gasteiger partial charge in [0.15, 0.2) is 0 Å². The van der Waals surface area contributed by atoms with Gasteiger partial charge in [-0.25, -0.2) is 4.21 Å². The second-order valence-electron chi connectivity index (χ2n) is 12.5. The predicted molar refractivity (Wildman–Crippen MR) is 167 cm³/mol. The minimum atomic E-state index is -1.49. The molecule has 7 atom stereocenters. The molecule has 2 N–H and O–H groups in total. The van der Waals surface area contributed by atoms with Crippen molar-refractivity contribution in [3.8, 4) is 5.75 Å². The Morgan fingerprint density at radius 1 is 1.10 bits per heavy atom. The molecule has 41 heavy (non-hydrogen) atoms. The molecule has 5 rings (SSSR count). The number of carbonyl (C=O) groups is 1. The average molecular weight is 601 g/mol. The Morgan fingerprint density at radius 2 is 1.93 bits per heavy atom. The maximum absolute atomic E-state index is 13.3. The van der Waals surface area contributed by atoms with E-state index in [1.807, 2.05) is 25.1 Å². The normalized spacial score (nSPS) is 30.8. The fourth-order valence-electron chi connectivity index (χ4n) is 7.01. The number of carbonyl (C=O) groups excluding carboxylic acids is 1. The number of hydrogen-bond acceptors (Lipinski definition) is 5. The fourth-order valence-corrected chi connectivity index (χ4v) is 8.25. The standard InChI is InChI=1S/C33H45ClN2O4S/c1-4-6-23-15-28(34)11-13-29(23)27-18-36-17-25-9-12-30(25)26(19-37)8-5-7-21(2)22(3)41(39)35-33(38)24-10-14-32(40-20-27)31(36)16-24/h10-11,13-16,21-22,25-27,30,37H,4-9,12,17-20H2,1-3H3,(H,35,38). The van der Waals surface area contributed by atoms with Crippen LogP contribution in [0.3, 0.4) is 0 Å². The molecular weight excluding hydrogens is 556 g/mol. The SMILES string of the molecule is CCCc1cc(Cl)ccc1C1COc2ccc3cc2N(C1)CC1CCC1C(CO)CCCC(C)C(C)S(=O)NC3=O. The summed E-state index contributed by atoms with van der Waals surface area (Å²) in [6.07, 6.45) is 7.19. The lowest BCUT2D eigenvalue weighted by Crippen LogP contribution is -2.43. The molecule has 0 radical (unpaired) electrons. The number of halogens is 1. The highest BCUT2D eigenvalue weighted by molar-refractivity contribution is 7.84. The minimum Gasteiger partial charge on any atom is -0.491 e. The molecule has 3 aliphatic rings. The Labute approximate surface area is 252 Å². The molecule has 0 spiro atoms. The van der Waals surface area contributed by atoms with Crippen molar-refractivity contribution < 1.29 is 18.8 Å². The van der Waals surface area contributed by atoms with E-state index in [2.05, 4.69) is 35.6 Å². The molecule has 7 unspecified atom stereocenters. The average Bonchev–Trinajstić information content (AvgIpc) is 3.13. The van der Waals surface area contributed by atoms with Gasteiger partial charge in [-0.15, -0.1) is 0 Å². The number of benzene rings is 2. The molecule has 6 nitrogen and oxygen atoms in total. The summed E-state index contributed by atoms with van der Waals surface area (Å²) in [5, 5.41) is 11.0. The number of aliphatic hydroxyl groups excluding tert-OH is 1. The zero-order valence-corrected chi connectivity index (χ0v) is 26.2. The van der Waals surface area contributed by atoms with Crippen LogP contribution in [0.25, 0.3) is 0 Å². The van der Waals surface area contributed by atoms with Gasteiger partial charge in [0.25, 0.3) is 5.91 Å². The number of hydrogen-bond donors (Lipinski definition) is 2. The summed E-state index contributed by atoms with van der Waals surface area (Å²) in [5.74, 6) is 2.06. The summed E-state index contributed by atoms with van der Waals surface area (Å²) >= 11 is 6.40. The molecule has 1 saturated carbocycles. The number of anilines is 1. The summed E-state index contributed by atoms with van der Waals surface area (Å²) in [7, 11) is -1.49. The van der Waals surface area contributed by atoms with E-state index in [0.29, 0.717) is 24.0 Å². The van der Waals surface area contributed by atoms with Crippen molar-refractivity contribution in [1.29, 1.82) is 0 Å². The van der Waals surface area contributed by atoms with E-state index in [-0.39, 0.29) is 35.5 Å². The molecule has 2 aromatic rings. The summed E-state index contributed by atoms with van der Waals surface area (Å²) in [6, 6.07) is 11.8. The lowest BCUT2D eigenvalue weighted by molar-refractivity contribution is 0.0575. The Bertz CT molecular complexity index is 1260. The van der Waals surface area contributed by atoms with Crippen molar-refractivity contribution in [1.82, 2.24) is 4.72 Å². The highest BCUT2D eigenvalue weighted by Crippen LogP contribution is 2.45. The van der Waals surface area contributed by atoms with Crippen LogP contribution in [0.1, 0.15) is 86.7 Å². The lowest BCUT2D eigenvalue weighted by atomic mass is 9.65. The van der Waals surface area contributed by atoms with Crippen LogP contribution >= 0.6 is 11.6 Å². The van der Waals surface area contributed by atoms with Crippen molar-refractivity contribution in [2.45, 2.75) is 76.9 Å². The molecular formula is C33H45ClN2O4S. The summed E-state index contributed by atoms with van der Waals surface area (Å²) in [4.78, 5) is 15.7. The smallest absolute Gasteiger partial charge is 0.263 e. The molecule has 224 valence electrons. The van der Waals surface area contributed by atoms with Crippen LogP contribution in [0.2, 0.25) is 5.02 Å². The number of aliphatic hydroxyl groups is 1. The summed E-state index contributed by atoms with van der Waals surface area (Å²) in [5.41, 5.74) is 3.94.